The van der Waals surface area contributed by atoms with Crippen LogP contribution in [0, 0.1) is 0 Å². The zero-order valence-electron chi connectivity index (χ0n) is 9.64. The molecular weight excluding hydrogens is 266 g/mol. The summed E-state index contributed by atoms with van der Waals surface area (Å²) in [4.78, 5) is 4.20. The quantitative estimate of drug-likeness (QED) is 0.734. The first-order valence-electron chi connectivity index (χ1n) is 5.43. The Balaban J connectivity index is 1.83. The van der Waals surface area contributed by atoms with Crippen LogP contribution in [0.25, 0.3) is 23.7 Å². The van der Waals surface area contributed by atoms with E-state index < -0.39 is 0 Å². The maximum absolute atomic E-state index is 5.93. The van der Waals surface area contributed by atoms with Gasteiger partial charge in [-0.25, -0.2) is 9.67 Å². The van der Waals surface area contributed by atoms with Crippen LogP contribution >= 0.6 is 11.6 Å². The predicted octanol–water partition coefficient (Wildman–Crippen LogP) is 2.61. The molecule has 3 aromatic rings. The van der Waals surface area contributed by atoms with Gasteiger partial charge < -0.3 is 4.42 Å². The number of aromatic nitrogens is 5. The molecule has 0 fully saturated rings. The van der Waals surface area contributed by atoms with E-state index >= 15 is 0 Å². The Labute approximate surface area is 113 Å². The van der Waals surface area contributed by atoms with Crippen LogP contribution < -0.4 is 0 Å². The van der Waals surface area contributed by atoms with Crippen molar-refractivity contribution in [1.29, 1.82) is 0 Å². The standard InChI is InChI=1S/C12H8ClN5O/c13-10-3-1-2-9(6-10)12-14-7-18(17-12)5-4-11-16-15-8-19-11/h1-8H. The lowest BCUT2D eigenvalue weighted by molar-refractivity contribution is 0.542. The molecule has 0 spiro atoms. The minimum Gasteiger partial charge on any atom is -0.424 e. The fourth-order valence-corrected chi connectivity index (χ4v) is 1.69. The fourth-order valence-electron chi connectivity index (χ4n) is 1.50. The van der Waals surface area contributed by atoms with E-state index in [-0.39, 0.29) is 0 Å². The molecule has 2 aromatic heterocycles. The van der Waals surface area contributed by atoms with Crippen molar-refractivity contribution in [1.82, 2.24) is 25.0 Å². The lowest BCUT2D eigenvalue weighted by atomic mass is 10.2. The maximum atomic E-state index is 5.93. The molecule has 0 amide bonds. The molecule has 0 saturated heterocycles. The number of halogens is 1. The molecular formula is C12H8ClN5O. The van der Waals surface area contributed by atoms with Crippen LogP contribution in [0.5, 0.6) is 0 Å². The SMILES string of the molecule is Clc1cccc(-c2ncn(C=Cc3nnco3)n2)c1. The van der Waals surface area contributed by atoms with Gasteiger partial charge in [-0.3, -0.25) is 0 Å². The Bertz CT molecular complexity index is 705. The average molecular weight is 274 g/mol. The van der Waals surface area contributed by atoms with Crippen molar-refractivity contribution in [3.05, 3.63) is 47.9 Å². The fraction of sp³-hybridized carbons (Fsp3) is 0. The Hall–Kier alpha value is -2.47. The number of benzene rings is 1. The molecule has 0 aliphatic rings. The largest absolute Gasteiger partial charge is 0.424 e. The first-order valence-corrected chi connectivity index (χ1v) is 5.80. The van der Waals surface area contributed by atoms with Gasteiger partial charge in [0.15, 0.2) is 5.82 Å². The van der Waals surface area contributed by atoms with Gasteiger partial charge in [0.05, 0.1) is 0 Å². The summed E-state index contributed by atoms with van der Waals surface area (Å²) in [6.45, 7) is 0. The third kappa shape index (κ3) is 2.69. The smallest absolute Gasteiger partial charge is 0.241 e. The van der Waals surface area contributed by atoms with Crippen molar-refractivity contribution < 1.29 is 4.42 Å². The van der Waals surface area contributed by atoms with Gasteiger partial charge in [0, 0.05) is 22.9 Å². The third-order valence-electron chi connectivity index (χ3n) is 2.34. The highest BCUT2D eigenvalue weighted by atomic mass is 35.5. The van der Waals surface area contributed by atoms with Gasteiger partial charge in [-0.15, -0.1) is 15.3 Å². The second kappa shape index (κ2) is 5.03. The molecule has 0 unspecified atom stereocenters. The summed E-state index contributed by atoms with van der Waals surface area (Å²) < 4.78 is 6.53. The zero-order chi connectivity index (χ0) is 13.1. The molecule has 0 bridgehead atoms. The van der Waals surface area contributed by atoms with Gasteiger partial charge in [-0.1, -0.05) is 23.7 Å². The van der Waals surface area contributed by atoms with Crippen LogP contribution in [0.2, 0.25) is 5.02 Å². The van der Waals surface area contributed by atoms with Gasteiger partial charge in [-0.05, 0) is 12.1 Å². The third-order valence-corrected chi connectivity index (χ3v) is 2.57. The Morgan fingerprint density at radius 1 is 1.32 bits per heavy atom. The van der Waals surface area contributed by atoms with E-state index in [4.69, 9.17) is 16.0 Å². The van der Waals surface area contributed by atoms with E-state index in [1.807, 2.05) is 18.2 Å². The van der Waals surface area contributed by atoms with Crippen molar-refractivity contribution in [2.24, 2.45) is 0 Å². The summed E-state index contributed by atoms with van der Waals surface area (Å²) in [5, 5.41) is 12.2. The van der Waals surface area contributed by atoms with Crippen molar-refractivity contribution in [2.45, 2.75) is 0 Å². The van der Waals surface area contributed by atoms with E-state index in [9.17, 15) is 0 Å². The lowest BCUT2D eigenvalue weighted by Crippen LogP contribution is -1.87. The Morgan fingerprint density at radius 2 is 2.26 bits per heavy atom. The predicted molar refractivity (Wildman–Crippen MR) is 70.0 cm³/mol. The molecule has 2 heterocycles. The molecule has 0 atom stereocenters. The van der Waals surface area contributed by atoms with Crippen molar-refractivity contribution >= 4 is 23.9 Å². The molecule has 0 N–H and O–H groups in total. The average Bonchev–Trinajstić information content (AvgIpc) is 3.08. The maximum Gasteiger partial charge on any atom is 0.241 e. The number of hydrogen-bond acceptors (Lipinski definition) is 5. The van der Waals surface area contributed by atoms with Gasteiger partial charge in [0.1, 0.15) is 6.33 Å². The topological polar surface area (TPSA) is 69.6 Å². The second-order valence-corrected chi connectivity index (χ2v) is 4.09. The van der Waals surface area contributed by atoms with E-state index in [2.05, 4.69) is 20.3 Å². The number of hydrogen-bond donors (Lipinski definition) is 0. The molecule has 6 nitrogen and oxygen atoms in total. The molecule has 94 valence electrons. The molecule has 0 radical (unpaired) electrons. The first-order chi connectivity index (χ1) is 9.31. The monoisotopic (exact) mass is 273 g/mol. The molecule has 0 saturated carbocycles. The van der Waals surface area contributed by atoms with Crippen LogP contribution in [0.1, 0.15) is 5.89 Å². The highest BCUT2D eigenvalue weighted by molar-refractivity contribution is 6.30. The summed E-state index contributed by atoms with van der Waals surface area (Å²) in [6.07, 6.45) is 6.17. The summed E-state index contributed by atoms with van der Waals surface area (Å²) >= 11 is 5.93. The first kappa shape index (κ1) is 11.6. The normalized spacial score (nSPS) is 11.2. The summed E-state index contributed by atoms with van der Waals surface area (Å²) in [5.41, 5.74) is 0.859. The number of nitrogens with zero attached hydrogens (tertiary/aromatic N) is 5. The van der Waals surface area contributed by atoms with Crippen LogP contribution in [0.4, 0.5) is 0 Å². The highest BCUT2D eigenvalue weighted by Gasteiger charge is 2.03. The van der Waals surface area contributed by atoms with E-state index in [0.717, 1.165) is 5.56 Å². The zero-order valence-corrected chi connectivity index (χ0v) is 10.4. The molecule has 1 aromatic carbocycles. The molecule has 3 rings (SSSR count). The molecule has 7 heteroatoms. The van der Waals surface area contributed by atoms with Gasteiger partial charge in [0.2, 0.25) is 12.3 Å². The van der Waals surface area contributed by atoms with Crippen LogP contribution in [0.15, 0.2) is 41.4 Å². The van der Waals surface area contributed by atoms with E-state index in [1.165, 1.54) is 6.39 Å². The Morgan fingerprint density at radius 3 is 3.05 bits per heavy atom. The highest BCUT2D eigenvalue weighted by Crippen LogP contribution is 2.18. The lowest BCUT2D eigenvalue weighted by Gasteiger charge is -1.95. The summed E-state index contributed by atoms with van der Waals surface area (Å²) in [7, 11) is 0. The van der Waals surface area contributed by atoms with Gasteiger partial charge in [0.25, 0.3) is 0 Å². The van der Waals surface area contributed by atoms with Crippen LogP contribution in [-0.4, -0.2) is 25.0 Å². The summed E-state index contributed by atoms with van der Waals surface area (Å²) in [5.74, 6) is 0.998. The minimum atomic E-state index is 0.403. The van der Waals surface area contributed by atoms with Crippen LogP contribution in [-0.2, 0) is 0 Å². The van der Waals surface area contributed by atoms with Crippen molar-refractivity contribution in [3.63, 3.8) is 0 Å². The van der Waals surface area contributed by atoms with Crippen molar-refractivity contribution in [2.75, 3.05) is 0 Å². The minimum absolute atomic E-state index is 0.403. The molecule has 19 heavy (non-hydrogen) atoms. The van der Waals surface area contributed by atoms with Gasteiger partial charge in [-0.2, -0.15) is 0 Å². The van der Waals surface area contributed by atoms with Crippen molar-refractivity contribution in [3.8, 4) is 11.4 Å². The van der Waals surface area contributed by atoms with Gasteiger partial charge >= 0.3 is 0 Å². The van der Waals surface area contributed by atoms with E-state index in [0.29, 0.717) is 16.7 Å². The van der Waals surface area contributed by atoms with Crippen LogP contribution in [0.3, 0.4) is 0 Å². The number of rotatable bonds is 3. The summed E-state index contributed by atoms with van der Waals surface area (Å²) in [6, 6.07) is 7.36. The molecule has 0 aliphatic heterocycles. The Kier molecular flexibility index (Phi) is 3.07. The molecule has 0 aliphatic carbocycles. The van der Waals surface area contributed by atoms with E-state index in [1.54, 1.807) is 29.4 Å². The second-order valence-electron chi connectivity index (χ2n) is 3.65.